The molecule has 0 saturated heterocycles. The minimum atomic E-state index is -0.797. The Labute approximate surface area is 114 Å². The molecule has 0 saturated carbocycles. The molecule has 1 unspecified atom stereocenters. The lowest BCUT2D eigenvalue weighted by Crippen LogP contribution is -2.52. The van der Waals surface area contributed by atoms with Crippen molar-refractivity contribution >= 4 is 17.5 Å². The summed E-state index contributed by atoms with van der Waals surface area (Å²) < 4.78 is 0. The Morgan fingerprint density at radius 2 is 2.11 bits per heavy atom. The van der Waals surface area contributed by atoms with Gasteiger partial charge in [0.2, 0.25) is 5.91 Å². The number of rotatable bonds is 5. The van der Waals surface area contributed by atoms with Crippen LogP contribution in [-0.4, -0.2) is 22.9 Å². The van der Waals surface area contributed by atoms with Crippen LogP contribution in [0.2, 0.25) is 5.02 Å². The number of carbonyl (C=O) groups excluding carboxylic acids is 1. The van der Waals surface area contributed by atoms with E-state index in [4.69, 9.17) is 17.3 Å². The lowest BCUT2D eigenvalue weighted by Gasteiger charge is -2.30. The second-order valence-corrected chi connectivity index (χ2v) is 5.16. The van der Waals surface area contributed by atoms with Gasteiger partial charge in [-0.1, -0.05) is 30.7 Å². The molecule has 0 aromatic heterocycles. The molecular formula is C14H21ClN2O. The summed E-state index contributed by atoms with van der Waals surface area (Å²) in [7, 11) is 0. The van der Waals surface area contributed by atoms with Gasteiger partial charge in [0.15, 0.2) is 0 Å². The van der Waals surface area contributed by atoms with Crippen LogP contribution in [0.3, 0.4) is 0 Å². The number of hydrogen-bond acceptors (Lipinski definition) is 2. The molecule has 0 heterocycles. The van der Waals surface area contributed by atoms with E-state index in [1.165, 1.54) is 0 Å². The van der Waals surface area contributed by atoms with Crippen LogP contribution in [0.15, 0.2) is 24.3 Å². The Hall–Kier alpha value is -1.06. The lowest BCUT2D eigenvalue weighted by atomic mass is 9.98. The number of benzene rings is 1. The fourth-order valence-electron chi connectivity index (χ4n) is 1.70. The van der Waals surface area contributed by atoms with Gasteiger partial charge in [0, 0.05) is 18.1 Å². The third-order valence-electron chi connectivity index (χ3n) is 3.15. The summed E-state index contributed by atoms with van der Waals surface area (Å²) >= 11 is 5.94. The maximum atomic E-state index is 12.3. The molecule has 1 amide bonds. The van der Waals surface area contributed by atoms with E-state index < -0.39 is 5.54 Å². The predicted octanol–water partition coefficient (Wildman–Crippen LogP) is 2.82. The molecule has 0 bridgehead atoms. The molecule has 18 heavy (non-hydrogen) atoms. The summed E-state index contributed by atoms with van der Waals surface area (Å²) in [5.74, 6) is -0.0209. The van der Waals surface area contributed by atoms with E-state index in [1.807, 2.05) is 38.1 Å². The first-order chi connectivity index (χ1) is 8.40. The fraction of sp³-hybridized carbons (Fsp3) is 0.500. The van der Waals surface area contributed by atoms with Gasteiger partial charge in [-0.25, -0.2) is 0 Å². The SMILES string of the molecule is CCN(Cc1cccc(Cl)c1)C(=O)C(C)(N)CC. The molecule has 2 N–H and O–H groups in total. The highest BCUT2D eigenvalue weighted by Gasteiger charge is 2.30. The quantitative estimate of drug-likeness (QED) is 0.893. The van der Waals surface area contributed by atoms with Crippen LogP contribution in [-0.2, 0) is 11.3 Å². The molecule has 0 aliphatic rings. The van der Waals surface area contributed by atoms with Crippen LogP contribution in [0.5, 0.6) is 0 Å². The summed E-state index contributed by atoms with van der Waals surface area (Å²) in [5.41, 5.74) is 6.22. The maximum Gasteiger partial charge on any atom is 0.242 e. The van der Waals surface area contributed by atoms with Crippen LogP contribution < -0.4 is 5.73 Å². The van der Waals surface area contributed by atoms with Gasteiger partial charge in [0.25, 0.3) is 0 Å². The van der Waals surface area contributed by atoms with Crippen molar-refractivity contribution in [1.29, 1.82) is 0 Å². The van der Waals surface area contributed by atoms with Gasteiger partial charge in [0.1, 0.15) is 0 Å². The number of hydrogen-bond donors (Lipinski definition) is 1. The monoisotopic (exact) mass is 268 g/mol. The van der Waals surface area contributed by atoms with Crippen LogP contribution in [0, 0.1) is 0 Å². The van der Waals surface area contributed by atoms with E-state index in [1.54, 1.807) is 11.8 Å². The molecule has 0 aliphatic heterocycles. The van der Waals surface area contributed by atoms with Crippen molar-refractivity contribution in [2.75, 3.05) is 6.54 Å². The standard InChI is InChI=1S/C14H21ClN2O/c1-4-14(3,16)13(18)17(5-2)10-11-7-6-8-12(15)9-11/h6-9H,4-5,10,16H2,1-3H3. The van der Waals surface area contributed by atoms with E-state index >= 15 is 0 Å². The molecule has 1 atom stereocenters. The summed E-state index contributed by atoms with van der Waals surface area (Å²) in [5, 5.41) is 0.682. The highest BCUT2D eigenvalue weighted by atomic mass is 35.5. The van der Waals surface area contributed by atoms with E-state index in [0.717, 1.165) is 5.56 Å². The van der Waals surface area contributed by atoms with Crippen LogP contribution in [0.1, 0.15) is 32.8 Å². The van der Waals surface area contributed by atoms with Crippen molar-refractivity contribution in [2.24, 2.45) is 5.73 Å². The predicted molar refractivity (Wildman–Crippen MR) is 75.4 cm³/mol. The zero-order chi connectivity index (χ0) is 13.8. The Balaban J connectivity index is 2.82. The number of nitrogens with zero attached hydrogens (tertiary/aromatic N) is 1. The lowest BCUT2D eigenvalue weighted by molar-refractivity contribution is -0.136. The minimum Gasteiger partial charge on any atom is -0.337 e. The Bertz CT molecular complexity index is 418. The van der Waals surface area contributed by atoms with E-state index in [9.17, 15) is 4.79 Å². The van der Waals surface area contributed by atoms with E-state index in [-0.39, 0.29) is 5.91 Å². The number of likely N-dealkylation sites (N-methyl/N-ethyl adjacent to an activating group) is 1. The van der Waals surface area contributed by atoms with E-state index in [0.29, 0.717) is 24.5 Å². The van der Waals surface area contributed by atoms with Gasteiger partial charge in [-0.05, 0) is 38.0 Å². The molecule has 0 radical (unpaired) electrons. The Kier molecular flexibility index (Phi) is 5.17. The first-order valence-electron chi connectivity index (χ1n) is 6.23. The van der Waals surface area contributed by atoms with Gasteiger partial charge in [-0.15, -0.1) is 0 Å². The average molecular weight is 269 g/mol. The van der Waals surface area contributed by atoms with Crippen molar-refractivity contribution in [3.63, 3.8) is 0 Å². The largest absolute Gasteiger partial charge is 0.337 e. The first kappa shape index (κ1) is 15.0. The second kappa shape index (κ2) is 6.21. The first-order valence-corrected chi connectivity index (χ1v) is 6.61. The van der Waals surface area contributed by atoms with Gasteiger partial charge < -0.3 is 10.6 Å². The highest BCUT2D eigenvalue weighted by Crippen LogP contribution is 2.16. The third-order valence-corrected chi connectivity index (χ3v) is 3.39. The van der Waals surface area contributed by atoms with Gasteiger partial charge >= 0.3 is 0 Å². The molecule has 0 fully saturated rings. The normalized spacial score (nSPS) is 14.1. The number of amides is 1. The fourth-order valence-corrected chi connectivity index (χ4v) is 1.91. The van der Waals surface area contributed by atoms with E-state index in [2.05, 4.69) is 0 Å². The van der Waals surface area contributed by atoms with Crippen molar-refractivity contribution in [3.8, 4) is 0 Å². The highest BCUT2D eigenvalue weighted by molar-refractivity contribution is 6.30. The number of nitrogens with two attached hydrogens (primary N) is 1. The molecule has 100 valence electrons. The Morgan fingerprint density at radius 3 is 2.61 bits per heavy atom. The van der Waals surface area contributed by atoms with Crippen LogP contribution in [0.25, 0.3) is 0 Å². The van der Waals surface area contributed by atoms with Crippen molar-refractivity contribution < 1.29 is 4.79 Å². The van der Waals surface area contributed by atoms with Crippen LogP contribution in [0.4, 0.5) is 0 Å². The average Bonchev–Trinajstić information content (AvgIpc) is 2.35. The summed E-state index contributed by atoms with van der Waals surface area (Å²) in [6, 6.07) is 7.54. The molecule has 1 aromatic rings. The maximum absolute atomic E-state index is 12.3. The molecule has 0 aliphatic carbocycles. The second-order valence-electron chi connectivity index (χ2n) is 4.72. The van der Waals surface area contributed by atoms with Gasteiger partial charge in [-0.3, -0.25) is 4.79 Å². The number of halogens is 1. The van der Waals surface area contributed by atoms with Crippen molar-refractivity contribution in [1.82, 2.24) is 4.90 Å². The Morgan fingerprint density at radius 1 is 1.44 bits per heavy atom. The smallest absolute Gasteiger partial charge is 0.242 e. The molecule has 1 rings (SSSR count). The van der Waals surface area contributed by atoms with Crippen molar-refractivity contribution in [3.05, 3.63) is 34.9 Å². The zero-order valence-electron chi connectivity index (χ0n) is 11.2. The third kappa shape index (κ3) is 3.72. The number of carbonyl (C=O) groups is 1. The molecule has 1 aromatic carbocycles. The molecule has 4 heteroatoms. The van der Waals surface area contributed by atoms with Gasteiger partial charge in [-0.2, -0.15) is 0 Å². The summed E-state index contributed by atoms with van der Waals surface area (Å²) in [6.07, 6.45) is 0.623. The summed E-state index contributed by atoms with van der Waals surface area (Å²) in [6.45, 7) is 6.83. The minimum absolute atomic E-state index is 0.0209. The van der Waals surface area contributed by atoms with Crippen molar-refractivity contribution in [2.45, 2.75) is 39.3 Å². The summed E-state index contributed by atoms with van der Waals surface area (Å²) in [4.78, 5) is 14.0. The van der Waals surface area contributed by atoms with Gasteiger partial charge in [0.05, 0.1) is 5.54 Å². The zero-order valence-corrected chi connectivity index (χ0v) is 12.0. The topological polar surface area (TPSA) is 46.3 Å². The van der Waals surface area contributed by atoms with Crippen LogP contribution >= 0.6 is 11.6 Å². The molecular weight excluding hydrogens is 248 g/mol. The molecule has 0 spiro atoms. The molecule has 3 nitrogen and oxygen atoms in total.